The summed E-state index contributed by atoms with van der Waals surface area (Å²) in [6.07, 6.45) is -0.647. The maximum absolute atomic E-state index is 12.8. The van der Waals surface area contributed by atoms with Gasteiger partial charge in [0.1, 0.15) is 5.75 Å². The summed E-state index contributed by atoms with van der Waals surface area (Å²) in [5, 5.41) is 0. The molecule has 36 heavy (non-hydrogen) atoms. The lowest BCUT2D eigenvalue weighted by Crippen LogP contribution is -2.19. The SMILES string of the molecule is O=C(c1ccccc1)C(Oc1ccccc1)c1ccccc1.O=C(c1ccccc1)c1ccccc1. The van der Waals surface area contributed by atoms with E-state index in [1.807, 2.05) is 152 Å². The molecular formula is C33H26O3. The Balaban J connectivity index is 0.000000187. The number of carbonyl (C=O) groups excluding carboxylic acids is 2. The molecule has 0 N–H and O–H groups in total. The Morgan fingerprint density at radius 1 is 0.444 bits per heavy atom. The molecule has 0 saturated heterocycles. The Labute approximate surface area is 211 Å². The number of hydrogen-bond acceptors (Lipinski definition) is 3. The van der Waals surface area contributed by atoms with E-state index in [-0.39, 0.29) is 11.6 Å². The van der Waals surface area contributed by atoms with Gasteiger partial charge < -0.3 is 4.74 Å². The van der Waals surface area contributed by atoms with Crippen LogP contribution in [0.2, 0.25) is 0 Å². The molecular weight excluding hydrogens is 444 g/mol. The van der Waals surface area contributed by atoms with Gasteiger partial charge in [-0.2, -0.15) is 0 Å². The van der Waals surface area contributed by atoms with Gasteiger partial charge in [-0.1, -0.05) is 140 Å². The molecule has 0 aliphatic rings. The highest BCUT2D eigenvalue weighted by Gasteiger charge is 2.23. The zero-order valence-electron chi connectivity index (χ0n) is 19.7. The summed E-state index contributed by atoms with van der Waals surface area (Å²) in [7, 11) is 0. The third kappa shape index (κ3) is 6.64. The van der Waals surface area contributed by atoms with Crippen LogP contribution in [-0.4, -0.2) is 11.6 Å². The van der Waals surface area contributed by atoms with Gasteiger partial charge in [-0.3, -0.25) is 9.59 Å². The first kappa shape index (κ1) is 24.4. The van der Waals surface area contributed by atoms with Crippen molar-refractivity contribution < 1.29 is 14.3 Å². The van der Waals surface area contributed by atoms with E-state index < -0.39 is 6.10 Å². The molecule has 1 unspecified atom stereocenters. The Hall–Kier alpha value is -4.76. The first-order valence-electron chi connectivity index (χ1n) is 11.7. The fourth-order valence-electron chi connectivity index (χ4n) is 3.64. The molecule has 0 aromatic heterocycles. The molecule has 5 aromatic rings. The highest BCUT2D eigenvalue weighted by Crippen LogP contribution is 2.25. The molecule has 0 bridgehead atoms. The van der Waals surface area contributed by atoms with Crippen LogP contribution in [0.1, 0.15) is 37.9 Å². The molecule has 0 aliphatic heterocycles. The molecule has 0 spiro atoms. The van der Waals surface area contributed by atoms with Gasteiger partial charge in [0, 0.05) is 22.3 Å². The molecule has 5 rings (SSSR count). The molecule has 1 atom stereocenters. The molecule has 0 fully saturated rings. The second-order valence-corrected chi connectivity index (χ2v) is 8.01. The number of rotatable bonds is 7. The summed E-state index contributed by atoms with van der Waals surface area (Å²) in [5.74, 6) is 0.711. The van der Waals surface area contributed by atoms with E-state index in [9.17, 15) is 9.59 Å². The van der Waals surface area contributed by atoms with Crippen molar-refractivity contribution in [2.45, 2.75) is 6.10 Å². The summed E-state index contributed by atoms with van der Waals surface area (Å²) in [5.41, 5.74) is 2.96. The minimum atomic E-state index is -0.647. The fourth-order valence-corrected chi connectivity index (χ4v) is 3.64. The lowest BCUT2D eigenvalue weighted by molar-refractivity contribution is 0.0792. The molecule has 3 heteroatoms. The third-order valence-corrected chi connectivity index (χ3v) is 5.47. The van der Waals surface area contributed by atoms with E-state index in [0.29, 0.717) is 11.3 Å². The van der Waals surface area contributed by atoms with Gasteiger partial charge in [-0.25, -0.2) is 0 Å². The number of hydrogen-bond donors (Lipinski definition) is 0. The first-order valence-corrected chi connectivity index (χ1v) is 11.7. The number of para-hydroxylation sites is 1. The Bertz CT molecular complexity index is 1310. The summed E-state index contributed by atoms with van der Waals surface area (Å²) in [4.78, 5) is 24.7. The van der Waals surface area contributed by atoms with E-state index in [1.165, 1.54) is 0 Å². The van der Waals surface area contributed by atoms with Gasteiger partial charge in [0.05, 0.1) is 0 Å². The second kappa shape index (κ2) is 12.6. The number of ether oxygens (including phenoxy) is 1. The third-order valence-electron chi connectivity index (χ3n) is 5.47. The van der Waals surface area contributed by atoms with Gasteiger partial charge in [-0.15, -0.1) is 0 Å². The normalized spacial score (nSPS) is 10.9. The Kier molecular flexibility index (Phi) is 8.55. The highest BCUT2D eigenvalue weighted by atomic mass is 16.5. The lowest BCUT2D eigenvalue weighted by atomic mass is 10.00. The van der Waals surface area contributed by atoms with Crippen molar-refractivity contribution in [1.82, 2.24) is 0 Å². The number of benzene rings is 5. The maximum atomic E-state index is 12.8. The average Bonchev–Trinajstić information content (AvgIpc) is 2.98. The standard InChI is InChI=1S/C20H16O2.C13H10O/c21-19(16-10-4-1-5-11-16)20(17-12-6-2-7-13-17)22-18-14-8-3-9-15-18;14-13(11-7-3-1-4-8-11)12-9-5-2-6-10-12/h1-15,20H;1-10H. The van der Waals surface area contributed by atoms with Crippen molar-refractivity contribution in [2.75, 3.05) is 0 Å². The van der Waals surface area contributed by atoms with Crippen molar-refractivity contribution in [3.63, 3.8) is 0 Å². The van der Waals surface area contributed by atoms with Crippen molar-refractivity contribution >= 4 is 11.6 Å². The zero-order valence-corrected chi connectivity index (χ0v) is 19.7. The number of carbonyl (C=O) groups is 2. The van der Waals surface area contributed by atoms with Crippen molar-refractivity contribution in [2.24, 2.45) is 0 Å². The molecule has 176 valence electrons. The molecule has 0 amide bonds. The summed E-state index contributed by atoms with van der Waals surface area (Å²) in [6, 6.07) is 46.8. The first-order chi connectivity index (χ1) is 17.7. The maximum Gasteiger partial charge on any atom is 0.207 e. The van der Waals surface area contributed by atoms with Crippen LogP contribution in [0.25, 0.3) is 0 Å². The van der Waals surface area contributed by atoms with Gasteiger partial charge in [0.15, 0.2) is 11.9 Å². The van der Waals surface area contributed by atoms with E-state index in [2.05, 4.69) is 0 Å². The van der Waals surface area contributed by atoms with Crippen LogP contribution in [0, 0.1) is 0 Å². The molecule has 0 radical (unpaired) electrons. The molecule has 0 saturated carbocycles. The van der Waals surface area contributed by atoms with Crippen molar-refractivity contribution in [1.29, 1.82) is 0 Å². The van der Waals surface area contributed by atoms with Crippen molar-refractivity contribution in [3.05, 3.63) is 174 Å². The predicted octanol–water partition coefficient (Wildman–Crippen LogP) is 7.61. The van der Waals surface area contributed by atoms with E-state index >= 15 is 0 Å². The number of Topliss-reactive ketones (excluding diaryl/α,β-unsaturated/α-hetero) is 1. The van der Waals surface area contributed by atoms with Gasteiger partial charge >= 0.3 is 0 Å². The minimum absolute atomic E-state index is 0.0457. The number of ketones is 2. The van der Waals surface area contributed by atoms with Crippen LogP contribution in [0.15, 0.2) is 152 Å². The molecule has 0 heterocycles. The zero-order chi connectivity index (χ0) is 25.0. The second-order valence-electron chi connectivity index (χ2n) is 8.01. The van der Waals surface area contributed by atoms with E-state index in [0.717, 1.165) is 16.7 Å². The van der Waals surface area contributed by atoms with Gasteiger partial charge in [0.2, 0.25) is 5.78 Å². The fraction of sp³-hybridized carbons (Fsp3) is 0.0303. The van der Waals surface area contributed by atoms with Gasteiger partial charge in [0.25, 0.3) is 0 Å². The van der Waals surface area contributed by atoms with Crippen LogP contribution in [0.4, 0.5) is 0 Å². The van der Waals surface area contributed by atoms with Crippen molar-refractivity contribution in [3.8, 4) is 5.75 Å². The van der Waals surface area contributed by atoms with Crippen LogP contribution in [-0.2, 0) is 0 Å². The summed E-state index contributed by atoms with van der Waals surface area (Å²) < 4.78 is 5.97. The van der Waals surface area contributed by atoms with E-state index in [4.69, 9.17) is 4.74 Å². The van der Waals surface area contributed by atoms with Gasteiger partial charge in [-0.05, 0) is 12.1 Å². The van der Waals surface area contributed by atoms with Crippen LogP contribution in [0.3, 0.4) is 0 Å². The minimum Gasteiger partial charge on any atom is -0.478 e. The van der Waals surface area contributed by atoms with E-state index in [1.54, 1.807) is 0 Å². The Morgan fingerprint density at radius 3 is 1.25 bits per heavy atom. The molecule has 3 nitrogen and oxygen atoms in total. The largest absolute Gasteiger partial charge is 0.478 e. The van der Waals surface area contributed by atoms with Crippen LogP contribution in [0.5, 0.6) is 5.75 Å². The predicted molar refractivity (Wildman–Crippen MR) is 143 cm³/mol. The van der Waals surface area contributed by atoms with Crippen LogP contribution < -0.4 is 4.74 Å². The lowest BCUT2D eigenvalue weighted by Gasteiger charge is -2.18. The van der Waals surface area contributed by atoms with Crippen LogP contribution >= 0.6 is 0 Å². The average molecular weight is 471 g/mol. The monoisotopic (exact) mass is 470 g/mol. The Morgan fingerprint density at radius 2 is 0.806 bits per heavy atom. The molecule has 5 aromatic carbocycles. The smallest absolute Gasteiger partial charge is 0.207 e. The quantitative estimate of drug-likeness (QED) is 0.230. The highest BCUT2D eigenvalue weighted by molar-refractivity contribution is 6.08. The topological polar surface area (TPSA) is 43.4 Å². The summed E-state index contributed by atoms with van der Waals surface area (Å²) >= 11 is 0. The summed E-state index contributed by atoms with van der Waals surface area (Å²) in [6.45, 7) is 0. The molecule has 0 aliphatic carbocycles.